The molecule has 82 valence electrons. The Hall–Kier alpha value is -1.55. The molecule has 3 N–H and O–H groups in total. The van der Waals surface area contributed by atoms with Gasteiger partial charge in [0, 0.05) is 17.2 Å². The first-order valence-electron chi connectivity index (χ1n) is 4.94. The molecule has 3 nitrogen and oxygen atoms in total. The second kappa shape index (κ2) is 4.99. The molecule has 4 heteroatoms. The number of pyridine rings is 1. The molecule has 0 bridgehead atoms. The van der Waals surface area contributed by atoms with E-state index in [2.05, 4.69) is 38.4 Å². The quantitative estimate of drug-likeness (QED) is 0.907. The van der Waals surface area contributed by atoms with Gasteiger partial charge in [-0.25, -0.2) is 4.98 Å². The van der Waals surface area contributed by atoms with E-state index in [0.29, 0.717) is 5.82 Å². The van der Waals surface area contributed by atoms with Crippen molar-refractivity contribution in [2.75, 3.05) is 11.1 Å². The average molecular weight is 278 g/mol. The highest BCUT2D eigenvalue weighted by Crippen LogP contribution is 2.16. The Bertz CT molecular complexity index is 485. The number of rotatable bonds is 3. The highest BCUT2D eigenvalue weighted by atomic mass is 79.9. The minimum absolute atomic E-state index is 0.525. The van der Waals surface area contributed by atoms with Crippen molar-refractivity contribution in [3.8, 4) is 0 Å². The molecule has 0 spiro atoms. The standard InChI is InChI=1S/C12H12BrN3/c13-10-4-1-3-9(7-10)8-16-11-5-2-6-15-12(11)14/h1-7,16H,8H2,(H2,14,15). The lowest BCUT2D eigenvalue weighted by molar-refractivity contribution is 1.14. The molecule has 0 saturated heterocycles. The summed E-state index contributed by atoms with van der Waals surface area (Å²) in [6.07, 6.45) is 1.68. The van der Waals surface area contributed by atoms with Crippen LogP contribution in [0.25, 0.3) is 0 Å². The van der Waals surface area contributed by atoms with E-state index in [-0.39, 0.29) is 0 Å². The van der Waals surface area contributed by atoms with E-state index < -0.39 is 0 Å². The molecule has 0 aliphatic rings. The van der Waals surface area contributed by atoms with Crippen LogP contribution < -0.4 is 11.1 Å². The Morgan fingerprint density at radius 3 is 2.88 bits per heavy atom. The van der Waals surface area contributed by atoms with Gasteiger partial charge < -0.3 is 11.1 Å². The molecule has 0 radical (unpaired) electrons. The van der Waals surface area contributed by atoms with Crippen molar-refractivity contribution in [3.05, 3.63) is 52.6 Å². The zero-order chi connectivity index (χ0) is 11.4. The number of aromatic nitrogens is 1. The Kier molecular flexibility index (Phi) is 3.41. The van der Waals surface area contributed by atoms with E-state index in [1.807, 2.05) is 24.3 Å². The summed E-state index contributed by atoms with van der Waals surface area (Å²) in [5.41, 5.74) is 7.79. The fraction of sp³-hybridized carbons (Fsp3) is 0.0833. The summed E-state index contributed by atoms with van der Waals surface area (Å²) in [6.45, 7) is 0.731. The normalized spacial score (nSPS) is 10.1. The predicted molar refractivity (Wildman–Crippen MR) is 70.1 cm³/mol. The molecular weight excluding hydrogens is 266 g/mol. The van der Waals surface area contributed by atoms with Crippen molar-refractivity contribution < 1.29 is 0 Å². The van der Waals surface area contributed by atoms with Crippen LogP contribution in [0.15, 0.2) is 47.1 Å². The molecule has 2 rings (SSSR count). The molecule has 0 amide bonds. The molecule has 0 fully saturated rings. The summed E-state index contributed by atoms with van der Waals surface area (Å²) in [7, 11) is 0. The smallest absolute Gasteiger partial charge is 0.146 e. The van der Waals surface area contributed by atoms with Gasteiger partial charge in [0.2, 0.25) is 0 Å². The van der Waals surface area contributed by atoms with Gasteiger partial charge in [-0.2, -0.15) is 0 Å². The van der Waals surface area contributed by atoms with Crippen LogP contribution in [0.5, 0.6) is 0 Å². The van der Waals surface area contributed by atoms with E-state index in [4.69, 9.17) is 5.73 Å². The zero-order valence-corrected chi connectivity index (χ0v) is 10.2. The number of hydrogen-bond acceptors (Lipinski definition) is 3. The van der Waals surface area contributed by atoms with E-state index in [1.165, 1.54) is 5.56 Å². The molecule has 0 unspecified atom stereocenters. The first kappa shape index (κ1) is 11.0. The minimum atomic E-state index is 0.525. The number of nitrogens with zero attached hydrogens (tertiary/aromatic N) is 1. The predicted octanol–water partition coefficient (Wildman–Crippen LogP) is 3.04. The molecular formula is C12H12BrN3. The summed E-state index contributed by atoms with van der Waals surface area (Å²) < 4.78 is 1.07. The third kappa shape index (κ3) is 2.73. The number of nitrogens with two attached hydrogens (primary N) is 1. The SMILES string of the molecule is Nc1ncccc1NCc1cccc(Br)c1. The van der Waals surface area contributed by atoms with Gasteiger partial charge in [0.05, 0.1) is 5.69 Å². The van der Waals surface area contributed by atoms with E-state index >= 15 is 0 Å². The minimum Gasteiger partial charge on any atom is -0.382 e. The van der Waals surface area contributed by atoms with Crippen molar-refractivity contribution in [3.63, 3.8) is 0 Å². The molecule has 2 aromatic rings. The van der Waals surface area contributed by atoms with Gasteiger partial charge in [-0.3, -0.25) is 0 Å². The second-order valence-corrected chi connectivity index (χ2v) is 4.34. The van der Waals surface area contributed by atoms with Crippen LogP contribution in [0.1, 0.15) is 5.56 Å². The van der Waals surface area contributed by atoms with Crippen LogP contribution in [0.2, 0.25) is 0 Å². The van der Waals surface area contributed by atoms with Gasteiger partial charge in [-0.05, 0) is 29.8 Å². The third-order valence-electron chi connectivity index (χ3n) is 2.21. The maximum atomic E-state index is 5.73. The van der Waals surface area contributed by atoms with Gasteiger partial charge >= 0.3 is 0 Å². The van der Waals surface area contributed by atoms with Gasteiger partial charge in [0.25, 0.3) is 0 Å². The lowest BCUT2D eigenvalue weighted by Crippen LogP contribution is -2.03. The number of halogens is 1. The first-order valence-corrected chi connectivity index (χ1v) is 5.74. The number of benzene rings is 1. The summed E-state index contributed by atoms with van der Waals surface area (Å²) in [5.74, 6) is 0.525. The molecule has 1 aromatic carbocycles. The zero-order valence-electron chi connectivity index (χ0n) is 8.65. The lowest BCUT2D eigenvalue weighted by atomic mass is 10.2. The Labute approximate surface area is 103 Å². The monoisotopic (exact) mass is 277 g/mol. The number of nitrogens with one attached hydrogen (secondary N) is 1. The van der Waals surface area contributed by atoms with Gasteiger partial charge in [0.1, 0.15) is 5.82 Å². The lowest BCUT2D eigenvalue weighted by Gasteiger charge is -2.08. The molecule has 16 heavy (non-hydrogen) atoms. The maximum Gasteiger partial charge on any atom is 0.146 e. The van der Waals surface area contributed by atoms with Crippen molar-refractivity contribution in [2.24, 2.45) is 0 Å². The molecule has 1 aromatic heterocycles. The highest BCUT2D eigenvalue weighted by Gasteiger charge is 1.98. The number of hydrogen-bond donors (Lipinski definition) is 2. The van der Waals surface area contributed by atoms with Crippen LogP contribution in [0.3, 0.4) is 0 Å². The summed E-state index contributed by atoms with van der Waals surface area (Å²) in [4.78, 5) is 4.01. The maximum absolute atomic E-state index is 5.73. The largest absolute Gasteiger partial charge is 0.382 e. The fourth-order valence-electron chi connectivity index (χ4n) is 1.41. The van der Waals surface area contributed by atoms with E-state index in [1.54, 1.807) is 6.20 Å². The fourth-order valence-corrected chi connectivity index (χ4v) is 1.86. The Balaban J connectivity index is 2.05. The van der Waals surface area contributed by atoms with Crippen LogP contribution in [-0.2, 0) is 6.54 Å². The summed E-state index contributed by atoms with van der Waals surface area (Å²) in [6, 6.07) is 11.9. The summed E-state index contributed by atoms with van der Waals surface area (Å²) in [5, 5.41) is 3.25. The molecule has 0 atom stereocenters. The average Bonchev–Trinajstić information content (AvgIpc) is 2.28. The van der Waals surface area contributed by atoms with Gasteiger partial charge in [-0.1, -0.05) is 28.1 Å². The van der Waals surface area contributed by atoms with Crippen LogP contribution in [0, 0.1) is 0 Å². The van der Waals surface area contributed by atoms with Gasteiger partial charge in [-0.15, -0.1) is 0 Å². The molecule has 0 saturated carbocycles. The Morgan fingerprint density at radius 2 is 2.12 bits per heavy atom. The first-order chi connectivity index (χ1) is 7.75. The molecule has 0 aliphatic heterocycles. The number of anilines is 2. The topological polar surface area (TPSA) is 50.9 Å². The molecule has 0 aliphatic carbocycles. The second-order valence-electron chi connectivity index (χ2n) is 3.42. The third-order valence-corrected chi connectivity index (χ3v) is 2.70. The van der Waals surface area contributed by atoms with Crippen LogP contribution in [0.4, 0.5) is 11.5 Å². The van der Waals surface area contributed by atoms with E-state index in [9.17, 15) is 0 Å². The van der Waals surface area contributed by atoms with E-state index in [0.717, 1.165) is 16.7 Å². The summed E-state index contributed by atoms with van der Waals surface area (Å²) >= 11 is 3.44. The van der Waals surface area contributed by atoms with Gasteiger partial charge in [0.15, 0.2) is 0 Å². The molecule has 1 heterocycles. The number of nitrogen functional groups attached to an aromatic ring is 1. The van der Waals surface area contributed by atoms with Crippen molar-refractivity contribution in [2.45, 2.75) is 6.54 Å². The van der Waals surface area contributed by atoms with Crippen molar-refractivity contribution in [1.82, 2.24) is 4.98 Å². The Morgan fingerprint density at radius 1 is 1.25 bits per heavy atom. The van der Waals surface area contributed by atoms with Crippen molar-refractivity contribution >= 4 is 27.4 Å². The van der Waals surface area contributed by atoms with Crippen LogP contribution in [-0.4, -0.2) is 4.98 Å². The van der Waals surface area contributed by atoms with Crippen LogP contribution >= 0.6 is 15.9 Å². The van der Waals surface area contributed by atoms with Crippen molar-refractivity contribution in [1.29, 1.82) is 0 Å². The highest BCUT2D eigenvalue weighted by molar-refractivity contribution is 9.10.